The van der Waals surface area contributed by atoms with Gasteiger partial charge in [-0.1, -0.05) is 54.2 Å². The lowest BCUT2D eigenvalue weighted by Gasteiger charge is -2.15. The van der Waals surface area contributed by atoms with Gasteiger partial charge in [-0.25, -0.2) is 9.18 Å². The van der Waals surface area contributed by atoms with Gasteiger partial charge in [-0.3, -0.25) is 9.59 Å². The standard InChI is InChI=1S/C31H32FN5O4S2/c1-3-41-30(40)26-22-13-9-15-24(22)43-29(26)34-27(38)19(2)42-31-36-35-25(37(31)17-16-20-10-5-4-6-11-20)18-33-28(39)21-12-7-8-14-23(21)32/h4-8,10-12,14,19H,3,9,13,15-18H2,1-2H3,(H,33,39)(H,34,38). The van der Waals surface area contributed by atoms with Gasteiger partial charge in [0.05, 0.1) is 29.5 Å². The van der Waals surface area contributed by atoms with Crippen molar-refractivity contribution in [3.05, 3.63) is 93.4 Å². The van der Waals surface area contributed by atoms with E-state index in [-0.39, 0.29) is 24.6 Å². The molecule has 0 bridgehead atoms. The van der Waals surface area contributed by atoms with Crippen molar-refractivity contribution < 1.29 is 23.5 Å². The lowest BCUT2D eigenvalue weighted by Crippen LogP contribution is -2.26. The average Bonchev–Trinajstić information content (AvgIpc) is 3.70. The fourth-order valence-electron chi connectivity index (χ4n) is 4.88. The van der Waals surface area contributed by atoms with Crippen LogP contribution in [0.25, 0.3) is 0 Å². The van der Waals surface area contributed by atoms with E-state index < -0.39 is 22.9 Å². The number of nitrogens with zero attached hydrogens (tertiary/aromatic N) is 3. The van der Waals surface area contributed by atoms with Crippen LogP contribution in [0.2, 0.25) is 0 Å². The number of nitrogens with one attached hydrogen (secondary N) is 2. The Hall–Kier alpha value is -4.03. The molecule has 2 heterocycles. The number of benzene rings is 2. The van der Waals surface area contributed by atoms with Gasteiger partial charge in [-0.15, -0.1) is 21.5 Å². The molecular formula is C31H32FN5O4S2. The van der Waals surface area contributed by atoms with E-state index in [1.165, 1.54) is 41.3 Å². The fraction of sp³-hybridized carbons (Fsp3) is 0.323. The molecule has 0 spiro atoms. The van der Waals surface area contributed by atoms with E-state index in [1.807, 2.05) is 34.9 Å². The summed E-state index contributed by atoms with van der Waals surface area (Å²) in [5, 5.41) is 14.8. The number of thiophene rings is 1. The minimum atomic E-state index is -0.608. The number of hydrogen-bond donors (Lipinski definition) is 2. The van der Waals surface area contributed by atoms with Crippen LogP contribution in [0.5, 0.6) is 0 Å². The number of amides is 2. The van der Waals surface area contributed by atoms with E-state index in [4.69, 9.17) is 4.74 Å². The van der Waals surface area contributed by atoms with Crippen LogP contribution in [-0.4, -0.2) is 44.4 Å². The first-order chi connectivity index (χ1) is 20.9. The zero-order valence-corrected chi connectivity index (χ0v) is 25.5. The van der Waals surface area contributed by atoms with Gasteiger partial charge < -0.3 is 19.9 Å². The summed E-state index contributed by atoms with van der Waals surface area (Å²) in [7, 11) is 0. The lowest BCUT2D eigenvalue weighted by molar-refractivity contribution is -0.115. The number of carbonyl (C=O) groups is 3. The highest BCUT2D eigenvalue weighted by atomic mass is 32.2. The Bertz CT molecular complexity index is 1620. The number of anilines is 1. The molecule has 1 aliphatic rings. The molecule has 2 amide bonds. The Morgan fingerprint density at radius 3 is 2.63 bits per heavy atom. The predicted octanol–water partition coefficient (Wildman–Crippen LogP) is 5.44. The maximum atomic E-state index is 14.1. The second kappa shape index (κ2) is 14.0. The molecule has 43 heavy (non-hydrogen) atoms. The van der Waals surface area contributed by atoms with Crippen LogP contribution >= 0.6 is 23.1 Å². The molecule has 5 rings (SSSR count). The Kier molecular flexibility index (Phi) is 9.88. The Morgan fingerprint density at radius 1 is 1.09 bits per heavy atom. The second-order valence-electron chi connectivity index (χ2n) is 9.98. The minimum Gasteiger partial charge on any atom is -0.462 e. The molecule has 1 aliphatic carbocycles. The molecule has 4 aromatic rings. The fourth-order valence-corrected chi connectivity index (χ4v) is 7.06. The highest BCUT2D eigenvalue weighted by Crippen LogP contribution is 2.40. The van der Waals surface area contributed by atoms with E-state index in [1.54, 1.807) is 19.9 Å². The van der Waals surface area contributed by atoms with Crippen LogP contribution in [0.15, 0.2) is 59.8 Å². The van der Waals surface area contributed by atoms with Crippen molar-refractivity contribution in [3.8, 4) is 0 Å². The van der Waals surface area contributed by atoms with Crippen LogP contribution in [0.4, 0.5) is 9.39 Å². The van der Waals surface area contributed by atoms with Gasteiger partial charge in [0, 0.05) is 11.4 Å². The van der Waals surface area contributed by atoms with Crippen molar-refractivity contribution in [1.29, 1.82) is 0 Å². The molecule has 0 radical (unpaired) electrons. The summed E-state index contributed by atoms with van der Waals surface area (Å²) >= 11 is 2.67. The smallest absolute Gasteiger partial charge is 0.341 e. The highest BCUT2D eigenvalue weighted by Gasteiger charge is 2.30. The first-order valence-electron chi connectivity index (χ1n) is 14.1. The van der Waals surface area contributed by atoms with Gasteiger partial charge in [0.25, 0.3) is 5.91 Å². The third-order valence-corrected chi connectivity index (χ3v) is 9.36. The van der Waals surface area contributed by atoms with Crippen molar-refractivity contribution in [1.82, 2.24) is 20.1 Å². The second-order valence-corrected chi connectivity index (χ2v) is 12.4. The molecule has 1 unspecified atom stereocenters. The number of hydrogen-bond acceptors (Lipinski definition) is 8. The monoisotopic (exact) mass is 621 g/mol. The summed E-state index contributed by atoms with van der Waals surface area (Å²) in [6.45, 7) is 4.31. The predicted molar refractivity (Wildman–Crippen MR) is 164 cm³/mol. The number of thioether (sulfide) groups is 1. The largest absolute Gasteiger partial charge is 0.462 e. The number of ether oxygens (including phenoxy) is 1. The quantitative estimate of drug-likeness (QED) is 0.160. The first kappa shape index (κ1) is 30.4. The van der Waals surface area contributed by atoms with Gasteiger partial charge in [0.1, 0.15) is 10.8 Å². The Labute approximate surface area is 257 Å². The van der Waals surface area contributed by atoms with Crippen molar-refractivity contribution in [3.63, 3.8) is 0 Å². The van der Waals surface area contributed by atoms with Crippen LogP contribution in [0.1, 0.15) is 62.8 Å². The van der Waals surface area contributed by atoms with Crippen LogP contribution in [-0.2, 0) is 41.9 Å². The molecular weight excluding hydrogens is 590 g/mol. The zero-order chi connectivity index (χ0) is 30.3. The minimum absolute atomic E-state index is 0.0275. The summed E-state index contributed by atoms with van der Waals surface area (Å²) in [5.74, 6) is -1.38. The number of halogens is 1. The number of aryl methyl sites for hydroxylation is 2. The molecule has 0 saturated heterocycles. The van der Waals surface area contributed by atoms with Gasteiger partial charge in [-0.05, 0) is 62.8 Å². The van der Waals surface area contributed by atoms with Crippen molar-refractivity contribution in [2.75, 3.05) is 11.9 Å². The summed E-state index contributed by atoms with van der Waals surface area (Å²) in [4.78, 5) is 39.8. The van der Waals surface area contributed by atoms with Crippen LogP contribution in [0.3, 0.4) is 0 Å². The van der Waals surface area contributed by atoms with Gasteiger partial charge in [0.15, 0.2) is 11.0 Å². The summed E-state index contributed by atoms with van der Waals surface area (Å²) < 4.78 is 21.3. The Morgan fingerprint density at radius 2 is 1.86 bits per heavy atom. The lowest BCUT2D eigenvalue weighted by atomic mass is 10.1. The molecule has 0 aliphatic heterocycles. The van der Waals surface area contributed by atoms with E-state index in [0.717, 1.165) is 35.3 Å². The molecule has 1 atom stereocenters. The number of esters is 1. The number of rotatable bonds is 12. The van der Waals surface area contributed by atoms with Crippen molar-refractivity contribution in [2.24, 2.45) is 0 Å². The van der Waals surface area contributed by atoms with Gasteiger partial charge in [0.2, 0.25) is 5.91 Å². The summed E-state index contributed by atoms with van der Waals surface area (Å²) in [6, 6.07) is 15.7. The van der Waals surface area contributed by atoms with Crippen molar-refractivity contribution in [2.45, 2.75) is 63.0 Å². The number of carbonyl (C=O) groups excluding carboxylic acids is 3. The van der Waals surface area contributed by atoms with E-state index in [9.17, 15) is 18.8 Å². The normalized spacial score (nSPS) is 12.9. The molecule has 2 aromatic heterocycles. The Balaban J connectivity index is 1.32. The summed E-state index contributed by atoms with van der Waals surface area (Å²) in [6.07, 6.45) is 3.33. The van der Waals surface area contributed by atoms with E-state index >= 15 is 0 Å². The molecule has 0 fully saturated rings. The van der Waals surface area contributed by atoms with E-state index in [0.29, 0.717) is 34.5 Å². The highest BCUT2D eigenvalue weighted by molar-refractivity contribution is 8.00. The maximum Gasteiger partial charge on any atom is 0.341 e. The SMILES string of the molecule is CCOC(=O)c1c(NC(=O)C(C)Sc2nnc(CNC(=O)c3ccccc3F)n2CCc2ccccc2)sc2c1CCC2. The van der Waals surface area contributed by atoms with Gasteiger partial charge >= 0.3 is 5.97 Å². The summed E-state index contributed by atoms with van der Waals surface area (Å²) in [5.41, 5.74) is 2.49. The molecule has 12 heteroatoms. The molecule has 224 valence electrons. The third-order valence-electron chi connectivity index (χ3n) is 7.07. The zero-order valence-electron chi connectivity index (χ0n) is 23.9. The van der Waals surface area contributed by atoms with Crippen LogP contribution in [0, 0.1) is 5.82 Å². The van der Waals surface area contributed by atoms with Gasteiger partial charge in [-0.2, -0.15) is 0 Å². The van der Waals surface area contributed by atoms with Crippen LogP contribution < -0.4 is 10.6 Å². The topological polar surface area (TPSA) is 115 Å². The third kappa shape index (κ3) is 7.14. The number of fused-ring (bicyclic) bond motifs is 1. The molecule has 2 N–H and O–H groups in total. The molecule has 0 saturated carbocycles. The molecule has 9 nitrogen and oxygen atoms in total. The first-order valence-corrected chi connectivity index (χ1v) is 15.8. The molecule has 2 aromatic carbocycles. The average molecular weight is 622 g/mol. The maximum absolute atomic E-state index is 14.1. The number of aromatic nitrogens is 3. The van der Waals surface area contributed by atoms with E-state index in [2.05, 4.69) is 20.8 Å². The van der Waals surface area contributed by atoms with Crippen molar-refractivity contribution >= 4 is 45.9 Å².